The molecule has 0 saturated heterocycles. The largest absolute Gasteiger partial charge is 0.360 e. The van der Waals surface area contributed by atoms with Crippen molar-refractivity contribution in [1.29, 1.82) is 0 Å². The second-order valence-electron chi connectivity index (χ2n) is 3.37. The first-order valence-electron chi connectivity index (χ1n) is 4.66. The highest BCUT2D eigenvalue weighted by Gasteiger charge is 2.18. The van der Waals surface area contributed by atoms with Crippen LogP contribution in [0.25, 0.3) is 0 Å². The molecule has 0 atom stereocenters. The van der Waals surface area contributed by atoms with Crippen LogP contribution in [0.4, 0.5) is 5.82 Å². The molecule has 0 spiro atoms. The molecule has 0 fully saturated rings. The molecule has 0 aliphatic rings. The van der Waals surface area contributed by atoms with Crippen LogP contribution in [0.3, 0.4) is 0 Å². The Hall–Kier alpha value is -1.12. The van der Waals surface area contributed by atoms with E-state index in [1.807, 2.05) is 0 Å². The van der Waals surface area contributed by atoms with E-state index < -0.39 is 10.0 Å². The van der Waals surface area contributed by atoms with Crippen molar-refractivity contribution in [2.24, 2.45) is 0 Å². The zero-order valence-corrected chi connectivity index (χ0v) is 12.2. The number of aryl methyl sites for hydroxylation is 1. The standard InChI is InChI=1S/C9H7BrClN3O3S/c1-5-2-8(13-17-5)14-18(15,16)6-3-7(10)9(11)12-4-6/h2-4H,1H3,(H,13,14). The molecule has 2 aromatic rings. The maximum absolute atomic E-state index is 12.0. The molecule has 18 heavy (non-hydrogen) atoms. The third-order valence-corrected chi connectivity index (χ3v) is 4.40. The lowest BCUT2D eigenvalue weighted by molar-refractivity contribution is 0.400. The van der Waals surface area contributed by atoms with Crippen molar-refractivity contribution in [2.75, 3.05) is 4.72 Å². The summed E-state index contributed by atoms with van der Waals surface area (Å²) in [5.74, 6) is 0.613. The Bertz CT molecular complexity index is 686. The topological polar surface area (TPSA) is 85.1 Å². The highest BCUT2D eigenvalue weighted by molar-refractivity contribution is 9.10. The van der Waals surface area contributed by atoms with Gasteiger partial charge in [-0.1, -0.05) is 16.8 Å². The Balaban J connectivity index is 2.33. The number of hydrogen-bond donors (Lipinski definition) is 1. The fourth-order valence-corrected chi connectivity index (χ4v) is 2.72. The fourth-order valence-electron chi connectivity index (χ4n) is 1.16. The maximum Gasteiger partial charge on any atom is 0.264 e. The molecule has 6 nitrogen and oxygen atoms in total. The van der Waals surface area contributed by atoms with E-state index in [2.05, 4.69) is 30.8 Å². The molecular formula is C9H7BrClN3O3S. The van der Waals surface area contributed by atoms with Gasteiger partial charge in [-0.2, -0.15) is 0 Å². The van der Waals surface area contributed by atoms with Crippen LogP contribution >= 0.6 is 27.5 Å². The highest BCUT2D eigenvalue weighted by Crippen LogP contribution is 2.24. The predicted octanol–water partition coefficient (Wildman–Crippen LogP) is 2.59. The van der Waals surface area contributed by atoms with Crippen LogP contribution in [0.5, 0.6) is 0 Å². The van der Waals surface area contributed by atoms with Gasteiger partial charge in [0.2, 0.25) is 0 Å². The lowest BCUT2D eigenvalue weighted by Crippen LogP contribution is -2.13. The van der Waals surface area contributed by atoms with Gasteiger partial charge in [0.25, 0.3) is 10.0 Å². The van der Waals surface area contributed by atoms with Gasteiger partial charge in [-0.3, -0.25) is 4.72 Å². The van der Waals surface area contributed by atoms with Gasteiger partial charge in [-0.25, -0.2) is 13.4 Å². The van der Waals surface area contributed by atoms with Crippen LogP contribution in [0.15, 0.2) is 32.2 Å². The summed E-state index contributed by atoms with van der Waals surface area (Å²) in [5.41, 5.74) is 0. The number of rotatable bonds is 3. The van der Waals surface area contributed by atoms with E-state index >= 15 is 0 Å². The van der Waals surface area contributed by atoms with Crippen molar-refractivity contribution in [1.82, 2.24) is 10.1 Å². The van der Waals surface area contributed by atoms with Gasteiger partial charge in [0.1, 0.15) is 15.8 Å². The third-order valence-electron chi connectivity index (χ3n) is 1.95. The summed E-state index contributed by atoms with van der Waals surface area (Å²) in [4.78, 5) is 3.72. The average Bonchev–Trinajstić information content (AvgIpc) is 2.67. The predicted molar refractivity (Wildman–Crippen MR) is 69.0 cm³/mol. The Morgan fingerprint density at radius 3 is 2.72 bits per heavy atom. The number of halogens is 2. The van der Waals surface area contributed by atoms with Crippen molar-refractivity contribution in [3.63, 3.8) is 0 Å². The van der Waals surface area contributed by atoms with E-state index in [9.17, 15) is 8.42 Å². The summed E-state index contributed by atoms with van der Waals surface area (Å²) >= 11 is 8.80. The van der Waals surface area contributed by atoms with Gasteiger partial charge >= 0.3 is 0 Å². The quantitative estimate of drug-likeness (QED) is 0.858. The summed E-state index contributed by atoms with van der Waals surface area (Å²) < 4.78 is 31.4. The van der Waals surface area contributed by atoms with Gasteiger partial charge < -0.3 is 4.52 Å². The molecule has 0 bridgehead atoms. The number of nitrogens with one attached hydrogen (secondary N) is 1. The van der Waals surface area contributed by atoms with Crippen LogP contribution in [0.2, 0.25) is 5.15 Å². The molecule has 0 unspecified atom stereocenters. The van der Waals surface area contributed by atoms with E-state index in [0.717, 1.165) is 6.20 Å². The van der Waals surface area contributed by atoms with Crippen LogP contribution < -0.4 is 4.72 Å². The van der Waals surface area contributed by atoms with E-state index in [-0.39, 0.29) is 15.9 Å². The first-order chi connectivity index (χ1) is 8.38. The SMILES string of the molecule is Cc1cc(NS(=O)(=O)c2cnc(Cl)c(Br)c2)no1. The van der Waals surface area contributed by atoms with Crippen molar-refractivity contribution in [2.45, 2.75) is 11.8 Å². The van der Waals surface area contributed by atoms with E-state index in [0.29, 0.717) is 10.2 Å². The molecule has 2 aromatic heterocycles. The number of anilines is 1. The van der Waals surface area contributed by atoms with Crippen LogP contribution in [-0.2, 0) is 10.0 Å². The van der Waals surface area contributed by atoms with Gasteiger partial charge in [-0.15, -0.1) is 0 Å². The first kappa shape index (κ1) is 13.3. The lowest BCUT2D eigenvalue weighted by Gasteiger charge is -2.05. The van der Waals surface area contributed by atoms with Gasteiger partial charge in [0, 0.05) is 12.3 Å². The zero-order chi connectivity index (χ0) is 13.3. The summed E-state index contributed by atoms with van der Waals surface area (Å²) in [7, 11) is -3.76. The van der Waals surface area contributed by atoms with Gasteiger partial charge in [-0.05, 0) is 28.9 Å². The fraction of sp³-hybridized carbons (Fsp3) is 0.111. The Kier molecular flexibility index (Phi) is 3.60. The maximum atomic E-state index is 12.0. The Morgan fingerprint density at radius 2 is 2.17 bits per heavy atom. The minimum atomic E-state index is -3.76. The Morgan fingerprint density at radius 1 is 1.44 bits per heavy atom. The normalized spacial score (nSPS) is 11.5. The van der Waals surface area contributed by atoms with E-state index in [1.54, 1.807) is 6.92 Å². The second kappa shape index (κ2) is 4.87. The molecule has 0 amide bonds. The number of hydrogen-bond acceptors (Lipinski definition) is 5. The number of nitrogens with zero attached hydrogens (tertiary/aromatic N) is 2. The molecule has 0 radical (unpaired) electrons. The zero-order valence-electron chi connectivity index (χ0n) is 9.02. The monoisotopic (exact) mass is 351 g/mol. The van der Waals surface area contributed by atoms with Crippen molar-refractivity contribution in [3.8, 4) is 0 Å². The van der Waals surface area contributed by atoms with E-state index in [1.165, 1.54) is 12.1 Å². The summed E-state index contributed by atoms with van der Waals surface area (Å²) in [5, 5.41) is 3.73. The number of aromatic nitrogens is 2. The highest BCUT2D eigenvalue weighted by atomic mass is 79.9. The minimum Gasteiger partial charge on any atom is -0.360 e. The molecule has 0 aliphatic heterocycles. The van der Waals surface area contributed by atoms with E-state index in [4.69, 9.17) is 16.1 Å². The molecule has 0 aromatic carbocycles. The van der Waals surface area contributed by atoms with Crippen LogP contribution in [0.1, 0.15) is 5.76 Å². The molecule has 2 rings (SSSR count). The van der Waals surface area contributed by atoms with Crippen molar-refractivity contribution < 1.29 is 12.9 Å². The molecule has 0 saturated carbocycles. The molecule has 96 valence electrons. The molecule has 9 heteroatoms. The van der Waals surface area contributed by atoms with Gasteiger partial charge in [0.05, 0.1) is 4.47 Å². The number of sulfonamides is 1. The second-order valence-corrected chi connectivity index (χ2v) is 6.27. The molecule has 0 aliphatic carbocycles. The lowest BCUT2D eigenvalue weighted by atomic mass is 10.5. The third kappa shape index (κ3) is 2.82. The van der Waals surface area contributed by atoms with Gasteiger partial charge in [0.15, 0.2) is 5.82 Å². The molecular weight excluding hydrogens is 346 g/mol. The minimum absolute atomic E-state index is 0.0283. The first-order valence-corrected chi connectivity index (χ1v) is 7.31. The summed E-state index contributed by atoms with van der Waals surface area (Å²) in [6, 6.07) is 2.82. The molecule has 1 N–H and O–H groups in total. The smallest absolute Gasteiger partial charge is 0.264 e. The van der Waals surface area contributed by atoms with Crippen LogP contribution in [0, 0.1) is 6.92 Å². The van der Waals surface area contributed by atoms with Crippen molar-refractivity contribution >= 4 is 43.4 Å². The average molecular weight is 353 g/mol. The Labute approximate surface area is 117 Å². The summed E-state index contributed by atoms with van der Waals surface area (Å²) in [6.45, 7) is 1.66. The summed E-state index contributed by atoms with van der Waals surface area (Å²) in [6.07, 6.45) is 1.16. The van der Waals surface area contributed by atoms with Crippen LogP contribution in [-0.4, -0.2) is 18.6 Å². The number of pyridine rings is 1. The molecule has 2 heterocycles. The van der Waals surface area contributed by atoms with Crippen molar-refractivity contribution in [3.05, 3.63) is 33.7 Å².